The first kappa shape index (κ1) is 16.8. The van der Waals surface area contributed by atoms with Crippen molar-refractivity contribution < 1.29 is 4.79 Å². The molecule has 25 heavy (non-hydrogen) atoms. The number of carbonyl (C=O) groups excluding carboxylic acids is 1. The second-order valence-electron chi connectivity index (χ2n) is 5.15. The van der Waals surface area contributed by atoms with Crippen LogP contribution in [0.3, 0.4) is 0 Å². The monoisotopic (exact) mass is 358 g/mol. The SMILES string of the molecule is CN(CC(=O)NCc1ccncn1)c1cc(Cl)nc(-n2ccnc2)n1. The summed E-state index contributed by atoms with van der Waals surface area (Å²) >= 11 is 6.06. The predicted molar refractivity (Wildman–Crippen MR) is 91.3 cm³/mol. The van der Waals surface area contributed by atoms with Gasteiger partial charge in [-0.1, -0.05) is 11.6 Å². The van der Waals surface area contributed by atoms with Gasteiger partial charge in [0.2, 0.25) is 11.9 Å². The van der Waals surface area contributed by atoms with Crippen LogP contribution in [0, 0.1) is 0 Å². The summed E-state index contributed by atoms with van der Waals surface area (Å²) in [4.78, 5) is 34.2. The van der Waals surface area contributed by atoms with Crippen LogP contribution >= 0.6 is 11.6 Å². The molecule has 0 fully saturated rings. The average Bonchev–Trinajstić information content (AvgIpc) is 3.15. The summed E-state index contributed by atoms with van der Waals surface area (Å²) in [5.41, 5.74) is 0.735. The lowest BCUT2D eigenvalue weighted by Crippen LogP contribution is -2.35. The average molecular weight is 359 g/mol. The van der Waals surface area contributed by atoms with Gasteiger partial charge in [-0.2, -0.15) is 4.98 Å². The molecular formula is C15H15ClN8O. The summed E-state index contributed by atoms with van der Waals surface area (Å²) < 4.78 is 1.64. The van der Waals surface area contributed by atoms with E-state index in [1.54, 1.807) is 53.6 Å². The number of hydrogen-bond donors (Lipinski definition) is 1. The number of rotatable bonds is 6. The lowest BCUT2D eigenvalue weighted by molar-refractivity contribution is -0.119. The highest BCUT2D eigenvalue weighted by Gasteiger charge is 2.12. The minimum atomic E-state index is -0.167. The fraction of sp³-hybridized carbons (Fsp3) is 0.200. The van der Waals surface area contributed by atoms with Gasteiger partial charge in [0.05, 0.1) is 18.8 Å². The van der Waals surface area contributed by atoms with Crippen molar-refractivity contribution in [3.8, 4) is 5.95 Å². The predicted octanol–water partition coefficient (Wildman–Crippen LogP) is 0.858. The molecule has 0 aromatic carbocycles. The highest BCUT2D eigenvalue weighted by atomic mass is 35.5. The van der Waals surface area contributed by atoms with Crippen molar-refractivity contribution in [3.05, 3.63) is 54.2 Å². The van der Waals surface area contributed by atoms with Crippen LogP contribution in [0.2, 0.25) is 5.15 Å². The van der Waals surface area contributed by atoms with Crippen LogP contribution in [0.5, 0.6) is 0 Å². The first-order valence-electron chi connectivity index (χ1n) is 7.37. The Morgan fingerprint density at radius 1 is 1.32 bits per heavy atom. The molecule has 3 heterocycles. The number of nitrogens with one attached hydrogen (secondary N) is 1. The molecule has 0 aliphatic rings. The molecule has 0 saturated heterocycles. The van der Waals surface area contributed by atoms with Crippen molar-refractivity contribution in [2.45, 2.75) is 6.54 Å². The van der Waals surface area contributed by atoms with Crippen molar-refractivity contribution in [2.75, 3.05) is 18.5 Å². The van der Waals surface area contributed by atoms with Gasteiger partial charge in [0, 0.05) is 31.7 Å². The number of likely N-dealkylation sites (N-methyl/N-ethyl adjacent to an activating group) is 1. The Bertz CT molecular complexity index is 840. The van der Waals surface area contributed by atoms with E-state index in [9.17, 15) is 4.79 Å². The summed E-state index contributed by atoms with van der Waals surface area (Å²) in [7, 11) is 1.75. The van der Waals surface area contributed by atoms with E-state index in [4.69, 9.17) is 11.6 Å². The fourth-order valence-corrected chi connectivity index (χ4v) is 2.22. The third-order valence-electron chi connectivity index (χ3n) is 3.29. The molecule has 1 amide bonds. The molecule has 10 heteroatoms. The van der Waals surface area contributed by atoms with Gasteiger partial charge in [-0.15, -0.1) is 0 Å². The van der Waals surface area contributed by atoms with E-state index in [1.165, 1.54) is 6.33 Å². The van der Waals surface area contributed by atoms with Gasteiger partial charge in [-0.3, -0.25) is 9.36 Å². The zero-order chi connectivity index (χ0) is 17.6. The third kappa shape index (κ3) is 4.48. The molecular weight excluding hydrogens is 344 g/mol. The summed E-state index contributed by atoms with van der Waals surface area (Å²) in [5.74, 6) is 0.745. The van der Waals surface area contributed by atoms with Crippen LogP contribution in [0.15, 0.2) is 43.4 Å². The van der Waals surface area contributed by atoms with Crippen LogP contribution in [0.4, 0.5) is 5.82 Å². The van der Waals surface area contributed by atoms with Crippen LogP contribution in [0.25, 0.3) is 5.95 Å². The number of nitrogens with zero attached hydrogens (tertiary/aromatic N) is 7. The maximum absolute atomic E-state index is 12.1. The second-order valence-corrected chi connectivity index (χ2v) is 5.54. The number of halogens is 1. The van der Waals surface area contributed by atoms with Crippen molar-refractivity contribution in [1.29, 1.82) is 0 Å². The minimum Gasteiger partial charge on any atom is -0.350 e. The van der Waals surface area contributed by atoms with Crippen LogP contribution in [-0.4, -0.2) is 49.0 Å². The van der Waals surface area contributed by atoms with Gasteiger partial charge in [0.25, 0.3) is 0 Å². The first-order valence-corrected chi connectivity index (χ1v) is 7.75. The molecule has 3 rings (SSSR count). The Kier molecular flexibility index (Phi) is 5.14. The molecule has 128 valence electrons. The smallest absolute Gasteiger partial charge is 0.239 e. The van der Waals surface area contributed by atoms with E-state index in [1.807, 2.05) is 0 Å². The van der Waals surface area contributed by atoms with Gasteiger partial charge in [-0.05, 0) is 6.07 Å². The lowest BCUT2D eigenvalue weighted by Gasteiger charge is -2.18. The molecule has 0 atom stereocenters. The van der Waals surface area contributed by atoms with E-state index < -0.39 is 0 Å². The van der Waals surface area contributed by atoms with Gasteiger partial charge < -0.3 is 10.2 Å². The number of anilines is 1. The van der Waals surface area contributed by atoms with Gasteiger partial charge >= 0.3 is 0 Å². The Balaban J connectivity index is 1.64. The summed E-state index contributed by atoms with van der Waals surface area (Å²) in [6.07, 6.45) is 7.97. The molecule has 0 aliphatic carbocycles. The van der Waals surface area contributed by atoms with E-state index in [2.05, 4.69) is 30.2 Å². The molecule has 0 bridgehead atoms. The molecule has 1 N–H and O–H groups in total. The Labute approximate surface area is 148 Å². The van der Waals surface area contributed by atoms with Crippen LogP contribution in [0.1, 0.15) is 5.69 Å². The Hall–Kier alpha value is -3.07. The lowest BCUT2D eigenvalue weighted by atomic mass is 10.4. The molecule has 0 radical (unpaired) electrons. The van der Waals surface area contributed by atoms with Crippen molar-refractivity contribution in [1.82, 2.24) is 34.8 Å². The van der Waals surface area contributed by atoms with Crippen LogP contribution in [-0.2, 0) is 11.3 Å². The number of imidazole rings is 1. The maximum Gasteiger partial charge on any atom is 0.239 e. The highest BCUT2D eigenvalue weighted by molar-refractivity contribution is 6.29. The summed E-state index contributed by atoms with van der Waals surface area (Å²) in [5, 5.41) is 3.07. The normalized spacial score (nSPS) is 10.5. The van der Waals surface area contributed by atoms with E-state index in [-0.39, 0.29) is 17.6 Å². The Morgan fingerprint density at radius 3 is 2.92 bits per heavy atom. The van der Waals surface area contributed by atoms with Crippen LogP contribution < -0.4 is 10.2 Å². The number of carbonyl (C=O) groups is 1. The molecule has 3 aromatic heterocycles. The molecule has 0 unspecified atom stereocenters. The molecule has 3 aromatic rings. The van der Waals surface area contributed by atoms with Gasteiger partial charge in [-0.25, -0.2) is 19.9 Å². The Morgan fingerprint density at radius 2 is 2.20 bits per heavy atom. The molecule has 0 aliphatic heterocycles. The maximum atomic E-state index is 12.1. The zero-order valence-corrected chi connectivity index (χ0v) is 14.1. The van der Waals surface area contributed by atoms with Gasteiger partial charge in [0.15, 0.2) is 0 Å². The van der Waals surface area contributed by atoms with Crippen molar-refractivity contribution in [2.24, 2.45) is 0 Å². The fourth-order valence-electron chi connectivity index (χ4n) is 2.05. The molecule has 9 nitrogen and oxygen atoms in total. The highest BCUT2D eigenvalue weighted by Crippen LogP contribution is 2.16. The topological polar surface area (TPSA) is 102 Å². The summed E-state index contributed by atoms with van der Waals surface area (Å²) in [6.45, 7) is 0.446. The van der Waals surface area contributed by atoms with E-state index in [0.29, 0.717) is 18.3 Å². The molecule has 0 saturated carbocycles. The quantitative estimate of drug-likeness (QED) is 0.652. The first-order chi connectivity index (χ1) is 12.1. The zero-order valence-electron chi connectivity index (χ0n) is 13.4. The van der Waals surface area contributed by atoms with Gasteiger partial charge in [0.1, 0.15) is 23.6 Å². The van der Waals surface area contributed by atoms with E-state index >= 15 is 0 Å². The third-order valence-corrected chi connectivity index (χ3v) is 3.48. The second kappa shape index (κ2) is 7.67. The number of hydrogen-bond acceptors (Lipinski definition) is 7. The van der Waals surface area contributed by atoms with E-state index in [0.717, 1.165) is 5.69 Å². The standard InChI is InChI=1S/C15H15ClN8O/c1-23(8-14(25)19-7-11-2-3-17-9-20-11)13-6-12(16)21-15(22-13)24-5-4-18-10-24/h2-6,9-10H,7-8H2,1H3,(H,19,25). The minimum absolute atomic E-state index is 0.113. The summed E-state index contributed by atoms with van der Waals surface area (Å²) in [6, 6.07) is 3.34. The van der Waals surface area contributed by atoms with Crippen molar-refractivity contribution >= 4 is 23.3 Å². The van der Waals surface area contributed by atoms with Crippen molar-refractivity contribution in [3.63, 3.8) is 0 Å². The molecule has 0 spiro atoms. The largest absolute Gasteiger partial charge is 0.350 e. The number of aromatic nitrogens is 6. The number of amides is 1.